The van der Waals surface area contributed by atoms with Crippen molar-refractivity contribution in [3.05, 3.63) is 22.8 Å². The lowest BCUT2D eigenvalue weighted by molar-refractivity contribution is -0.123. The van der Waals surface area contributed by atoms with Gasteiger partial charge in [0.1, 0.15) is 5.82 Å². The van der Waals surface area contributed by atoms with Gasteiger partial charge in [-0.25, -0.2) is 4.98 Å². The lowest BCUT2D eigenvalue weighted by Crippen LogP contribution is -2.51. The van der Waals surface area contributed by atoms with Gasteiger partial charge in [0.25, 0.3) is 0 Å². The van der Waals surface area contributed by atoms with Gasteiger partial charge in [0.15, 0.2) is 0 Å². The van der Waals surface area contributed by atoms with Crippen molar-refractivity contribution in [2.45, 2.75) is 0 Å². The number of methoxy groups -OCH3 is 1. The predicted molar refractivity (Wildman–Crippen MR) is 98.3 cm³/mol. The number of amides is 2. The molecule has 1 saturated heterocycles. The third-order valence-corrected chi connectivity index (χ3v) is 4.29. The molecule has 1 fully saturated rings. The van der Waals surface area contributed by atoms with Crippen molar-refractivity contribution in [1.29, 1.82) is 0 Å². The number of anilines is 1. The van der Waals surface area contributed by atoms with Crippen LogP contribution in [0.5, 0.6) is 0 Å². The molecule has 0 aliphatic carbocycles. The molecule has 1 aliphatic rings. The lowest BCUT2D eigenvalue weighted by atomic mass is 10.3. The number of ether oxygens (including phenoxy) is 1. The second-order valence-electron chi connectivity index (χ2n) is 5.80. The third-order valence-electron chi connectivity index (χ3n) is 3.82. The maximum atomic E-state index is 12.1. The minimum Gasteiger partial charge on any atom is -0.383 e. The summed E-state index contributed by atoms with van der Waals surface area (Å²) >= 11 is 3.31. The standard InChI is InChI=1S/C16H24BrN5O3/c1-25-9-4-18-15(23)11-21-5-7-22(8-6-21)12-16(24)20-14-3-2-13(17)10-19-14/h2-3,10H,4-9,11-12H2,1H3,(H,18,23)(H,19,20,24). The molecule has 1 aliphatic heterocycles. The van der Waals surface area contributed by atoms with E-state index in [2.05, 4.69) is 41.3 Å². The number of hydrogen-bond donors (Lipinski definition) is 2. The van der Waals surface area contributed by atoms with E-state index >= 15 is 0 Å². The molecule has 2 heterocycles. The normalized spacial score (nSPS) is 15.8. The molecule has 138 valence electrons. The quantitative estimate of drug-likeness (QED) is 0.590. The van der Waals surface area contributed by atoms with Crippen LogP contribution >= 0.6 is 15.9 Å². The molecule has 1 aromatic heterocycles. The molecule has 0 saturated carbocycles. The number of rotatable bonds is 8. The van der Waals surface area contributed by atoms with Gasteiger partial charge in [0.2, 0.25) is 11.8 Å². The lowest BCUT2D eigenvalue weighted by Gasteiger charge is -2.33. The molecule has 0 aromatic carbocycles. The topological polar surface area (TPSA) is 86.8 Å². The van der Waals surface area contributed by atoms with Crippen molar-refractivity contribution in [3.63, 3.8) is 0 Å². The molecule has 0 radical (unpaired) electrons. The van der Waals surface area contributed by atoms with Crippen molar-refractivity contribution in [2.75, 3.05) is 64.8 Å². The molecule has 1 aromatic rings. The zero-order valence-electron chi connectivity index (χ0n) is 14.3. The number of nitrogens with one attached hydrogen (secondary N) is 2. The van der Waals surface area contributed by atoms with Crippen LogP contribution < -0.4 is 10.6 Å². The minimum atomic E-state index is -0.0828. The summed E-state index contributed by atoms with van der Waals surface area (Å²) in [6, 6.07) is 3.58. The highest BCUT2D eigenvalue weighted by molar-refractivity contribution is 9.10. The van der Waals surface area contributed by atoms with E-state index in [0.29, 0.717) is 32.1 Å². The van der Waals surface area contributed by atoms with Crippen molar-refractivity contribution < 1.29 is 14.3 Å². The number of nitrogens with zero attached hydrogens (tertiary/aromatic N) is 3. The Bertz CT molecular complexity index is 561. The minimum absolute atomic E-state index is 0.00422. The average Bonchev–Trinajstić information content (AvgIpc) is 2.59. The highest BCUT2D eigenvalue weighted by Crippen LogP contribution is 2.10. The Hall–Kier alpha value is -1.55. The molecule has 9 heteroatoms. The third kappa shape index (κ3) is 7.47. The summed E-state index contributed by atoms with van der Waals surface area (Å²) in [5, 5.41) is 5.60. The van der Waals surface area contributed by atoms with Gasteiger partial charge in [-0.1, -0.05) is 0 Å². The molecule has 25 heavy (non-hydrogen) atoms. The summed E-state index contributed by atoms with van der Waals surface area (Å²) in [5.74, 6) is 0.463. The fourth-order valence-electron chi connectivity index (χ4n) is 2.49. The Morgan fingerprint density at radius 2 is 1.80 bits per heavy atom. The predicted octanol–water partition coefficient (Wildman–Crippen LogP) is 0.163. The molecule has 0 bridgehead atoms. The van der Waals surface area contributed by atoms with E-state index in [9.17, 15) is 9.59 Å². The Morgan fingerprint density at radius 3 is 2.36 bits per heavy atom. The number of piperazine rings is 1. The fraction of sp³-hybridized carbons (Fsp3) is 0.562. The fourth-order valence-corrected chi connectivity index (χ4v) is 2.73. The van der Waals surface area contributed by atoms with Crippen LogP contribution in [0.4, 0.5) is 5.82 Å². The first-order valence-corrected chi connectivity index (χ1v) is 8.98. The van der Waals surface area contributed by atoms with Crippen LogP contribution in [0.3, 0.4) is 0 Å². The molecule has 2 amide bonds. The van der Waals surface area contributed by atoms with E-state index < -0.39 is 0 Å². The molecule has 0 atom stereocenters. The highest BCUT2D eigenvalue weighted by atomic mass is 79.9. The smallest absolute Gasteiger partial charge is 0.239 e. The summed E-state index contributed by atoms with van der Waals surface area (Å²) in [5.41, 5.74) is 0. The second-order valence-corrected chi connectivity index (χ2v) is 6.72. The monoisotopic (exact) mass is 413 g/mol. The van der Waals surface area contributed by atoms with Crippen LogP contribution in [0.1, 0.15) is 0 Å². The maximum Gasteiger partial charge on any atom is 0.239 e. The van der Waals surface area contributed by atoms with Crippen LogP contribution in [-0.2, 0) is 14.3 Å². The molecule has 2 rings (SSSR count). The van der Waals surface area contributed by atoms with E-state index in [0.717, 1.165) is 30.7 Å². The van der Waals surface area contributed by atoms with Gasteiger partial charge in [0, 0.05) is 50.5 Å². The number of pyridine rings is 1. The van der Waals surface area contributed by atoms with Crippen LogP contribution in [0.2, 0.25) is 0 Å². The Balaban J connectivity index is 1.65. The van der Waals surface area contributed by atoms with Crippen LogP contribution in [0.15, 0.2) is 22.8 Å². The van der Waals surface area contributed by atoms with E-state index in [1.54, 1.807) is 19.4 Å². The number of hydrogen-bond acceptors (Lipinski definition) is 6. The Kier molecular flexibility index (Phi) is 8.26. The maximum absolute atomic E-state index is 12.1. The van der Waals surface area contributed by atoms with Crippen LogP contribution in [0.25, 0.3) is 0 Å². The van der Waals surface area contributed by atoms with Crippen LogP contribution in [-0.4, -0.2) is 86.1 Å². The number of aromatic nitrogens is 1. The molecule has 8 nitrogen and oxygen atoms in total. The number of carbonyl (C=O) groups is 2. The van der Waals surface area contributed by atoms with Gasteiger partial charge in [-0.05, 0) is 28.1 Å². The summed E-state index contributed by atoms with van der Waals surface area (Å²) in [7, 11) is 1.61. The zero-order chi connectivity index (χ0) is 18.1. The second kappa shape index (κ2) is 10.4. The van der Waals surface area contributed by atoms with Gasteiger partial charge in [-0.3, -0.25) is 19.4 Å². The first-order chi connectivity index (χ1) is 12.1. The average molecular weight is 414 g/mol. The molecule has 0 spiro atoms. The highest BCUT2D eigenvalue weighted by Gasteiger charge is 2.20. The van der Waals surface area contributed by atoms with Crippen molar-refractivity contribution in [1.82, 2.24) is 20.1 Å². The number of carbonyl (C=O) groups excluding carboxylic acids is 2. The molecular formula is C16H24BrN5O3. The summed E-state index contributed by atoms with van der Waals surface area (Å²) in [6.45, 7) is 4.79. The molecule has 2 N–H and O–H groups in total. The Morgan fingerprint density at radius 1 is 1.16 bits per heavy atom. The van der Waals surface area contributed by atoms with Gasteiger partial charge in [-0.15, -0.1) is 0 Å². The molecular weight excluding hydrogens is 390 g/mol. The van der Waals surface area contributed by atoms with Crippen molar-refractivity contribution >= 4 is 33.6 Å². The van der Waals surface area contributed by atoms with Crippen molar-refractivity contribution in [3.8, 4) is 0 Å². The van der Waals surface area contributed by atoms with Gasteiger partial charge >= 0.3 is 0 Å². The SMILES string of the molecule is COCCNC(=O)CN1CCN(CC(=O)Nc2ccc(Br)cn2)CC1. The summed E-state index contributed by atoms with van der Waals surface area (Å²) < 4.78 is 5.77. The van der Waals surface area contributed by atoms with E-state index in [4.69, 9.17) is 4.74 Å². The van der Waals surface area contributed by atoms with Crippen molar-refractivity contribution in [2.24, 2.45) is 0 Å². The van der Waals surface area contributed by atoms with Gasteiger partial charge in [-0.2, -0.15) is 0 Å². The van der Waals surface area contributed by atoms with E-state index in [-0.39, 0.29) is 11.8 Å². The summed E-state index contributed by atoms with van der Waals surface area (Å²) in [4.78, 5) is 32.1. The Labute approximate surface area is 156 Å². The molecule has 0 unspecified atom stereocenters. The zero-order valence-corrected chi connectivity index (χ0v) is 15.9. The van der Waals surface area contributed by atoms with Crippen LogP contribution in [0, 0.1) is 0 Å². The van der Waals surface area contributed by atoms with E-state index in [1.807, 2.05) is 6.07 Å². The van der Waals surface area contributed by atoms with Gasteiger partial charge in [0.05, 0.1) is 19.7 Å². The summed E-state index contributed by atoms with van der Waals surface area (Å²) in [6.07, 6.45) is 1.64. The number of halogens is 1. The largest absolute Gasteiger partial charge is 0.383 e. The first kappa shape index (κ1) is 19.8. The van der Waals surface area contributed by atoms with E-state index in [1.165, 1.54) is 0 Å². The first-order valence-electron chi connectivity index (χ1n) is 8.18. The van der Waals surface area contributed by atoms with Gasteiger partial charge < -0.3 is 15.4 Å².